The van der Waals surface area contributed by atoms with E-state index in [1.807, 2.05) is 44.2 Å². The van der Waals surface area contributed by atoms with Gasteiger partial charge in [0.05, 0.1) is 12.7 Å². The molecule has 76 valence electrons. The third kappa shape index (κ3) is 3.64. The summed E-state index contributed by atoms with van der Waals surface area (Å²) in [5.74, 6) is 0. The zero-order valence-corrected chi connectivity index (χ0v) is 10.1. The molecule has 1 nitrogen and oxygen atoms in total. The Balaban J connectivity index is 2.49. The summed E-state index contributed by atoms with van der Waals surface area (Å²) >= 11 is 3.49. The van der Waals surface area contributed by atoms with E-state index in [0.717, 1.165) is 4.47 Å². The van der Waals surface area contributed by atoms with Crippen LogP contribution in [0.5, 0.6) is 0 Å². The fourth-order valence-electron chi connectivity index (χ4n) is 1.16. The maximum atomic E-state index is 5.63. The zero-order chi connectivity index (χ0) is 10.4. The van der Waals surface area contributed by atoms with Gasteiger partial charge in [-0.1, -0.05) is 46.3 Å². The molecule has 0 saturated carbocycles. The van der Waals surface area contributed by atoms with Gasteiger partial charge in [0, 0.05) is 4.47 Å². The third-order valence-electron chi connectivity index (χ3n) is 1.92. The van der Waals surface area contributed by atoms with Gasteiger partial charge in [0.25, 0.3) is 0 Å². The van der Waals surface area contributed by atoms with Crippen molar-refractivity contribution in [2.45, 2.75) is 26.6 Å². The Morgan fingerprint density at radius 1 is 1.43 bits per heavy atom. The van der Waals surface area contributed by atoms with Gasteiger partial charge in [0.1, 0.15) is 0 Å². The molecule has 1 aromatic rings. The Kier molecular flexibility index (Phi) is 4.91. The molecule has 0 radical (unpaired) electrons. The molecule has 0 heterocycles. The van der Waals surface area contributed by atoms with Crippen molar-refractivity contribution in [3.05, 3.63) is 46.5 Å². The molecular formula is C12H15BrO. The van der Waals surface area contributed by atoms with Crippen LogP contribution in [0.15, 0.2) is 40.9 Å². The van der Waals surface area contributed by atoms with Gasteiger partial charge in [0.2, 0.25) is 0 Å². The van der Waals surface area contributed by atoms with Crippen molar-refractivity contribution in [1.29, 1.82) is 0 Å². The van der Waals surface area contributed by atoms with E-state index in [4.69, 9.17) is 4.74 Å². The smallest absolute Gasteiger partial charge is 0.0735 e. The average Bonchev–Trinajstić information content (AvgIpc) is 2.17. The molecule has 2 heteroatoms. The fraction of sp³-hybridized carbons (Fsp3) is 0.333. The van der Waals surface area contributed by atoms with E-state index in [9.17, 15) is 0 Å². The van der Waals surface area contributed by atoms with Crippen LogP contribution in [0.2, 0.25) is 0 Å². The second-order valence-electron chi connectivity index (χ2n) is 3.13. The van der Waals surface area contributed by atoms with Crippen LogP contribution in [0.1, 0.15) is 19.4 Å². The SMILES string of the molecule is C/C=C/C(C)OCc1ccccc1Br. The highest BCUT2D eigenvalue weighted by molar-refractivity contribution is 9.10. The lowest BCUT2D eigenvalue weighted by Gasteiger charge is -2.09. The van der Waals surface area contributed by atoms with E-state index in [1.54, 1.807) is 0 Å². The molecule has 0 aliphatic carbocycles. The van der Waals surface area contributed by atoms with Gasteiger partial charge >= 0.3 is 0 Å². The highest BCUT2D eigenvalue weighted by Crippen LogP contribution is 2.17. The van der Waals surface area contributed by atoms with E-state index < -0.39 is 0 Å². The van der Waals surface area contributed by atoms with Crippen LogP contribution < -0.4 is 0 Å². The number of benzene rings is 1. The minimum absolute atomic E-state index is 0.173. The van der Waals surface area contributed by atoms with Crippen molar-refractivity contribution in [2.75, 3.05) is 0 Å². The largest absolute Gasteiger partial charge is 0.370 e. The lowest BCUT2D eigenvalue weighted by Crippen LogP contribution is -2.04. The summed E-state index contributed by atoms with van der Waals surface area (Å²) in [7, 11) is 0. The first kappa shape index (κ1) is 11.5. The van der Waals surface area contributed by atoms with Gasteiger partial charge in [-0.3, -0.25) is 0 Å². The fourth-order valence-corrected chi connectivity index (χ4v) is 1.56. The van der Waals surface area contributed by atoms with Crippen LogP contribution in [-0.2, 0) is 11.3 Å². The molecule has 0 spiro atoms. The minimum atomic E-state index is 0.173. The van der Waals surface area contributed by atoms with Crippen molar-refractivity contribution >= 4 is 15.9 Å². The van der Waals surface area contributed by atoms with Crippen molar-refractivity contribution in [3.8, 4) is 0 Å². The van der Waals surface area contributed by atoms with Crippen LogP contribution >= 0.6 is 15.9 Å². The quantitative estimate of drug-likeness (QED) is 0.740. The lowest BCUT2D eigenvalue weighted by molar-refractivity contribution is 0.0836. The number of halogens is 1. The molecule has 0 bridgehead atoms. The van der Waals surface area contributed by atoms with Crippen LogP contribution in [0.3, 0.4) is 0 Å². The first-order valence-electron chi connectivity index (χ1n) is 4.72. The van der Waals surface area contributed by atoms with Crippen molar-refractivity contribution in [1.82, 2.24) is 0 Å². The number of rotatable bonds is 4. The standard InChI is InChI=1S/C12H15BrO/c1-3-6-10(2)14-9-11-7-4-5-8-12(11)13/h3-8,10H,9H2,1-2H3/b6-3+. The molecule has 0 aromatic heterocycles. The summed E-state index contributed by atoms with van der Waals surface area (Å²) in [6, 6.07) is 8.11. The van der Waals surface area contributed by atoms with E-state index in [-0.39, 0.29) is 6.10 Å². The molecular weight excluding hydrogens is 240 g/mol. The molecule has 1 unspecified atom stereocenters. The predicted octanol–water partition coefficient (Wildman–Crippen LogP) is 3.93. The number of ether oxygens (including phenoxy) is 1. The molecule has 0 aliphatic heterocycles. The first-order chi connectivity index (χ1) is 6.74. The Hall–Kier alpha value is -0.600. The van der Waals surface area contributed by atoms with Gasteiger partial charge in [-0.25, -0.2) is 0 Å². The Morgan fingerprint density at radius 3 is 2.79 bits per heavy atom. The van der Waals surface area contributed by atoms with E-state index in [2.05, 4.69) is 22.0 Å². The number of hydrogen-bond acceptors (Lipinski definition) is 1. The summed E-state index contributed by atoms with van der Waals surface area (Å²) in [6.45, 7) is 4.68. The second-order valence-corrected chi connectivity index (χ2v) is 3.99. The topological polar surface area (TPSA) is 9.23 Å². The van der Waals surface area contributed by atoms with Crippen LogP contribution in [-0.4, -0.2) is 6.10 Å². The Labute approximate surface area is 93.9 Å². The summed E-state index contributed by atoms with van der Waals surface area (Å²) in [6.07, 6.45) is 4.22. The van der Waals surface area contributed by atoms with E-state index in [0.29, 0.717) is 6.61 Å². The molecule has 1 aromatic carbocycles. The van der Waals surface area contributed by atoms with Gasteiger partial charge in [-0.15, -0.1) is 0 Å². The molecule has 1 atom stereocenters. The monoisotopic (exact) mass is 254 g/mol. The summed E-state index contributed by atoms with van der Waals surface area (Å²) in [4.78, 5) is 0. The molecule has 1 rings (SSSR count). The van der Waals surface area contributed by atoms with E-state index in [1.165, 1.54) is 5.56 Å². The number of allylic oxidation sites excluding steroid dienone is 1. The zero-order valence-electron chi connectivity index (χ0n) is 8.53. The van der Waals surface area contributed by atoms with Crippen LogP contribution in [0, 0.1) is 0 Å². The summed E-state index contributed by atoms with van der Waals surface area (Å²) in [5.41, 5.74) is 1.18. The second kappa shape index (κ2) is 5.99. The molecule has 0 amide bonds. The average molecular weight is 255 g/mol. The normalized spacial score (nSPS) is 13.4. The number of hydrogen-bond donors (Lipinski definition) is 0. The van der Waals surface area contributed by atoms with Gasteiger partial charge in [0.15, 0.2) is 0 Å². The lowest BCUT2D eigenvalue weighted by atomic mass is 10.2. The maximum Gasteiger partial charge on any atom is 0.0735 e. The molecule has 0 N–H and O–H groups in total. The van der Waals surface area contributed by atoms with Crippen LogP contribution in [0.4, 0.5) is 0 Å². The summed E-state index contributed by atoms with van der Waals surface area (Å²) < 4.78 is 6.74. The third-order valence-corrected chi connectivity index (χ3v) is 2.70. The predicted molar refractivity (Wildman–Crippen MR) is 63.2 cm³/mol. The minimum Gasteiger partial charge on any atom is -0.370 e. The van der Waals surface area contributed by atoms with Gasteiger partial charge in [-0.2, -0.15) is 0 Å². The molecule has 0 saturated heterocycles. The molecule has 14 heavy (non-hydrogen) atoms. The van der Waals surface area contributed by atoms with Crippen molar-refractivity contribution in [2.24, 2.45) is 0 Å². The maximum absolute atomic E-state index is 5.63. The Morgan fingerprint density at radius 2 is 2.14 bits per heavy atom. The highest BCUT2D eigenvalue weighted by atomic mass is 79.9. The van der Waals surface area contributed by atoms with Gasteiger partial charge in [-0.05, 0) is 25.5 Å². The summed E-state index contributed by atoms with van der Waals surface area (Å²) in [5, 5.41) is 0. The Bertz CT molecular complexity index is 307. The van der Waals surface area contributed by atoms with Crippen LogP contribution in [0.25, 0.3) is 0 Å². The first-order valence-corrected chi connectivity index (χ1v) is 5.51. The van der Waals surface area contributed by atoms with E-state index >= 15 is 0 Å². The van der Waals surface area contributed by atoms with Crippen molar-refractivity contribution in [3.63, 3.8) is 0 Å². The molecule has 0 fully saturated rings. The highest BCUT2D eigenvalue weighted by Gasteiger charge is 2.00. The van der Waals surface area contributed by atoms with Gasteiger partial charge < -0.3 is 4.74 Å². The van der Waals surface area contributed by atoms with Crippen molar-refractivity contribution < 1.29 is 4.74 Å². The molecule has 0 aliphatic rings.